The second-order valence-electron chi connectivity index (χ2n) is 5.49. The van der Waals surface area contributed by atoms with E-state index in [1.165, 1.54) is 18.5 Å². The van der Waals surface area contributed by atoms with Crippen LogP contribution in [0.3, 0.4) is 0 Å². The van der Waals surface area contributed by atoms with Crippen molar-refractivity contribution in [3.63, 3.8) is 0 Å². The number of nitrogens with two attached hydrogens (primary N) is 1. The van der Waals surface area contributed by atoms with Gasteiger partial charge in [-0.15, -0.1) is 0 Å². The number of aromatic nitrogens is 4. The third kappa shape index (κ3) is 3.32. The first kappa shape index (κ1) is 13.9. The van der Waals surface area contributed by atoms with Gasteiger partial charge in [-0.2, -0.15) is 10.1 Å². The summed E-state index contributed by atoms with van der Waals surface area (Å²) in [6, 6.07) is 2.14. The summed E-state index contributed by atoms with van der Waals surface area (Å²) in [7, 11) is 0. The molecule has 0 atom stereocenters. The summed E-state index contributed by atoms with van der Waals surface area (Å²) < 4.78 is 2.13. The number of nitrogen functional groups attached to an aromatic ring is 1. The Bertz CT molecular complexity index is 602. The van der Waals surface area contributed by atoms with Crippen LogP contribution in [-0.2, 0) is 13.0 Å². The second-order valence-corrected chi connectivity index (χ2v) is 5.49. The number of hydrogen-bond donors (Lipinski definition) is 2. The van der Waals surface area contributed by atoms with Crippen LogP contribution >= 0.6 is 0 Å². The van der Waals surface area contributed by atoms with Gasteiger partial charge in [0.25, 0.3) is 0 Å². The highest BCUT2D eigenvalue weighted by Crippen LogP contribution is 2.39. The van der Waals surface area contributed by atoms with Gasteiger partial charge >= 0.3 is 0 Å². The fourth-order valence-corrected chi connectivity index (χ4v) is 2.52. The molecule has 0 aliphatic heterocycles. The van der Waals surface area contributed by atoms with Crippen LogP contribution in [0.4, 0.5) is 11.8 Å². The van der Waals surface area contributed by atoms with E-state index in [9.17, 15) is 0 Å². The molecule has 6 nitrogen and oxygen atoms in total. The van der Waals surface area contributed by atoms with Crippen molar-refractivity contribution in [3.8, 4) is 0 Å². The highest BCUT2D eigenvalue weighted by Gasteiger charge is 2.26. The van der Waals surface area contributed by atoms with Crippen LogP contribution < -0.4 is 11.1 Å². The lowest BCUT2D eigenvalue weighted by Gasteiger charge is -2.11. The fraction of sp³-hybridized carbons (Fsp3) is 0.533. The summed E-state index contributed by atoms with van der Waals surface area (Å²) in [4.78, 5) is 8.30. The smallest absolute Gasteiger partial charge is 0.221 e. The summed E-state index contributed by atoms with van der Waals surface area (Å²) >= 11 is 0. The molecule has 0 aromatic carbocycles. The molecule has 112 valence electrons. The molecule has 2 heterocycles. The third-order valence-corrected chi connectivity index (χ3v) is 3.85. The molecule has 6 heteroatoms. The standard InChI is InChI=1S/C15H22N6/c1-2-11-10-18-15(16)20-14(11)17-7-3-9-21-13(6-8-19-21)12-4-5-12/h6,8,10,12H,2-5,7,9H2,1H3,(H3,16,17,18,20). The molecule has 0 saturated heterocycles. The van der Waals surface area contributed by atoms with Crippen molar-refractivity contribution in [1.29, 1.82) is 0 Å². The normalized spacial score (nSPS) is 14.3. The zero-order valence-electron chi connectivity index (χ0n) is 12.4. The number of hydrogen-bond acceptors (Lipinski definition) is 5. The maximum absolute atomic E-state index is 5.65. The molecule has 2 aromatic heterocycles. The molecule has 1 saturated carbocycles. The van der Waals surface area contributed by atoms with Gasteiger partial charge in [-0.3, -0.25) is 4.68 Å². The van der Waals surface area contributed by atoms with Crippen molar-refractivity contribution in [1.82, 2.24) is 19.7 Å². The zero-order chi connectivity index (χ0) is 14.7. The van der Waals surface area contributed by atoms with Crippen LogP contribution in [0.15, 0.2) is 18.5 Å². The molecule has 0 bridgehead atoms. The number of aryl methyl sites for hydroxylation is 2. The highest BCUT2D eigenvalue weighted by atomic mass is 15.3. The van der Waals surface area contributed by atoms with Crippen molar-refractivity contribution in [2.24, 2.45) is 0 Å². The number of nitrogens with one attached hydrogen (secondary N) is 1. The van der Waals surface area contributed by atoms with Crippen molar-refractivity contribution < 1.29 is 0 Å². The van der Waals surface area contributed by atoms with Crippen molar-refractivity contribution >= 4 is 11.8 Å². The average Bonchev–Trinajstić information content (AvgIpc) is 3.23. The Labute approximate surface area is 124 Å². The van der Waals surface area contributed by atoms with Crippen molar-refractivity contribution in [2.45, 2.75) is 45.1 Å². The topological polar surface area (TPSA) is 81.6 Å². The van der Waals surface area contributed by atoms with Crippen LogP contribution in [0.2, 0.25) is 0 Å². The lowest BCUT2D eigenvalue weighted by molar-refractivity contribution is 0.566. The lowest BCUT2D eigenvalue weighted by Crippen LogP contribution is -2.12. The molecule has 1 aliphatic carbocycles. The van der Waals surface area contributed by atoms with Crippen molar-refractivity contribution in [3.05, 3.63) is 29.7 Å². The Kier molecular flexibility index (Phi) is 4.03. The monoisotopic (exact) mass is 286 g/mol. The van der Waals surface area contributed by atoms with Gasteiger partial charge in [-0.25, -0.2) is 4.98 Å². The first-order valence-corrected chi connectivity index (χ1v) is 7.65. The Morgan fingerprint density at radius 3 is 3.05 bits per heavy atom. The highest BCUT2D eigenvalue weighted by molar-refractivity contribution is 5.45. The van der Waals surface area contributed by atoms with Gasteiger partial charge in [0.1, 0.15) is 5.82 Å². The molecule has 21 heavy (non-hydrogen) atoms. The predicted molar refractivity (Wildman–Crippen MR) is 83.1 cm³/mol. The van der Waals surface area contributed by atoms with Gasteiger partial charge in [0.05, 0.1) is 0 Å². The first-order valence-electron chi connectivity index (χ1n) is 7.65. The van der Waals surface area contributed by atoms with Gasteiger partial charge in [0.2, 0.25) is 5.95 Å². The van der Waals surface area contributed by atoms with Crippen LogP contribution in [0.5, 0.6) is 0 Å². The van der Waals surface area contributed by atoms with E-state index in [1.807, 2.05) is 6.20 Å². The Hall–Kier alpha value is -2.11. The van der Waals surface area contributed by atoms with E-state index in [2.05, 4.69) is 38.1 Å². The minimum absolute atomic E-state index is 0.317. The largest absolute Gasteiger partial charge is 0.370 e. The Morgan fingerprint density at radius 1 is 1.43 bits per heavy atom. The summed E-state index contributed by atoms with van der Waals surface area (Å²) in [5, 5.41) is 7.77. The van der Waals surface area contributed by atoms with E-state index in [0.29, 0.717) is 5.95 Å². The maximum atomic E-state index is 5.65. The summed E-state index contributed by atoms with van der Waals surface area (Å²) in [5.41, 5.74) is 8.13. The van der Waals surface area contributed by atoms with Gasteiger partial charge in [0, 0.05) is 42.7 Å². The molecular formula is C15H22N6. The molecule has 0 radical (unpaired) electrons. The SMILES string of the molecule is CCc1cnc(N)nc1NCCCn1nccc1C1CC1. The predicted octanol–water partition coefficient (Wildman–Crippen LogP) is 2.20. The minimum atomic E-state index is 0.317. The van der Waals surface area contributed by atoms with Gasteiger partial charge in [0.15, 0.2) is 0 Å². The third-order valence-electron chi connectivity index (χ3n) is 3.85. The fourth-order valence-electron chi connectivity index (χ4n) is 2.52. The zero-order valence-corrected chi connectivity index (χ0v) is 12.4. The van der Waals surface area contributed by atoms with Gasteiger partial charge in [-0.05, 0) is 31.7 Å². The maximum Gasteiger partial charge on any atom is 0.221 e. The molecule has 2 aromatic rings. The number of nitrogens with zero attached hydrogens (tertiary/aromatic N) is 4. The Balaban J connectivity index is 1.52. The minimum Gasteiger partial charge on any atom is -0.370 e. The number of anilines is 2. The van der Waals surface area contributed by atoms with E-state index < -0.39 is 0 Å². The molecule has 3 N–H and O–H groups in total. The van der Waals surface area contributed by atoms with Gasteiger partial charge < -0.3 is 11.1 Å². The molecule has 1 fully saturated rings. The summed E-state index contributed by atoms with van der Waals surface area (Å²) in [6.07, 6.45) is 8.22. The van der Waals surface area contributed by atoms with E-state index in [4.69, 9.17) is 5.73 Å². The van der Waals surface area contributed by atoms with E-state index in [0.717, 1.165) is 43.2 Å². The molecule has 3 rings (SSSR count). The van der Waals surface area contributed by atoms with Crippen LogP contribution in [0.25, 0.3) is 0 Å². The van der Waals surface area contributed by atoms with E-state index >= 15 is 0 Å². The molecule has 0 unspecified atom stereocenters. The molecule has 1 aliphatic rings. The van der Waals surface area contributed by atoms with Gasteiger partial charge in [-0.1, -0.05) is 6.92 Å². The molecule has 0 amide bonds. The lowest BCUT2D eigenvalue weighted by atomic mass is 10.2. The van der Waals surface area contributed by atoms with Crippen molar-refractivity contribution in [2.75, 3.05) is 17.6 Å². The first-order chi connectivity index (χ1) is 10.3. The Morgan fingerprint density at radius 2 is 2.29 bits per heavy atom. The quantitative estimate of drug-likeness (QED) is 0.763. The van der Waals surface area contributed by atoms with E-state index in [-0.39, 0.29) is 0 Å². The summed E-state index contributed by atoms with van der Waals surface area (Å²) in [5.74, 6) is 1.92. The van der Waals surface area contributed by atoms with Crippen LogP contribution in [0, 0.1) is 0 Å². The number of rotatable bonds is 7. The molecular weight excluding hydrogens is 264 g/mol. The second kappa shape index (κ2) is 6.11. The molecule has 0 spiro atoms. The average molecular weight is 286 g/mol. The van der Waals surface area contributed by atoms with Crippen LogP contribution in [-0.4, -0.2) is 26.3 Å². The summed E-state index contributed by atoms with van der Waals surface area (Å²) in [6.45, 7) is 3.88. The van der Waals surface area contributed by atoms with Crippen LogP contribution in [0.1, 0.15) is 43.4 Å². The van der Waals surface area contributed by atoms with E-state index in [1.54, 1.807) is 6.20 Å².